The Balaban J connectivity index is 2.27. The predicted molar refractivity (Wildman–Crippen MR) is 151 cm³/mol. The average Bonchev–Trinajstić information content (AvgIpc) is 3.12. The van der Waals surface area contributed by atoms with Crippen molar-refractivity contribution in [1.82, 2.24) is 0 Å². The molecule has 3 rings (SSSR count). The topological polar surface area (TPSA) is 125 Å². The highest BCUT2D eigenvalue weighted by Gasteiger charge is 2.69. The number of aliphatic hydroxyl groups excluding tert-OH is 1. The molecule has 0 amide bonds. The van der Waals surface area contributed by atoms with Crippen molar-refractivity contribution in [2.75, 3.05) is 0 Å². The molecule has 3 aliphatic carbocycles. The molecule has 0 bridgehead atoms. The number of allylic oxidation sites excluding steroid dienone is 1. The van der Waals surface area contributed by atoms with Gasteiger partial charge in [0, 0.05) is 43.4 Å². The number of carbonyl (C=O) groups excluding carboxylic acids is 4. The third kappa shape index (κ3) is 6.50. The lowest BCUT2D eigenvalue weighted by Gasteiger charge is -2.57. The highest BCUT2D eigenvalue weighted by atomic mass is 16.6. The second kappa shape index (κ2) is 12.8. The van der Waals surface area contributed by atoms with Crippen LogP contribution in [-0.4, -0.2) is 59.5 Å². The first-order valence-electron chi connectivity index (χ1n) is 15.2. The van der Waals surface area contributed by atoms with Gasteiger partial charge in [-0.1, -0.05) is 47.6 Å². The molecule has 0 spiro atoms. The van der Waals surface area contributed by atoms with Gasteiger partial charge in [0.05, 0.1) is 0 Å². The number of hydrogen-bond acceptors (Lipinski definition) is 9. The predicted octanol–water partition coefficient (Wildman–Crippen LogP) is 4.92. The van der Waals surface area contributed by atoms with Crippen LogP contribution in [0.15, 0.2) is 11.6 Å². The Hall–Kier alpha value is -2.42. The van der Waals surface area contributed by atoms with Gasteiger partial charge in [-0.3, -0.25) is 19.2 Å². The van der Waals surface area contributed by atoms with Crippen LogP contribution in [0.3, 0.4) is 0 Å². The first kappa shape index (κ1) is 33.1. The van der Waals surface area contributed by atoms with Gasteiger partial charge in [-0.15, -0.1) is 0 Å². The first-order chi connectivity index (χ1) is 19.1. The van der Waals surface area contributed by atoms with Gasteiger partial charge in [0.1, 0.15) is 24.4 Å². The maximum Gasteiger partial charge on any atom is 0.306 e. The summed E-state index contributed by atoms with van der Waals surface area (Å²) >= 11 is 0. The van der Waals surface area contributed by atoms with Crippen LogP contribution in [0.25, 0.3) is 0 Å². The monoisotopic (exact) mass is 578 g/mol. The number of ether oxygens (including phenoxy) is 4. The lowest BCUT2D eigenvalue weighted by molar-refractivity contribution is -0.212. The van der Waals surface area contributed by atoms with E-state index in [0.29, 0.717) is 31.3 Å². The van der Waals surface area contributed by atoms with Gasteiger partial charge in [-0.2, -0.15) is 0 Å². The molecule has 0 aromatic carbocycles. The van der Waals surface area contributed by atoms with Crippen molar-refractivity contribution >= 4 is 23.9 Å². The van der Waals surface area contributed by atoms with Crippen molar-refractivity contribution < 1.29 is 43.2 Å². The minimum atomic E-state index is -1.33. The molecule has 10 atom stereocenters. The van der Waals surface area contributed by atoms with Crippen molar-refractivity contribution in [3.8, 4) is 0 Å². The molecule has 1 unspecified atom stereocenters. The molecule has 2 saturated carbocycles. The maximum atomic E-state index is 13.0. The summed E-state index contributed by atoms with van der Waals surface area (Å²) in [5, 5.41) is 11.8. The first-order valence-corrected chi connectivity index (χ1v) is 15.2. The van der Waals surface area contributed by atoms with Crippen LogP contribution in [0.4, 0.5) is 0 Å². The van der Waals surface area contributed by atoms with Crippen LogP contribution < -0.4 is 0 Å². The molecule has 232 valence electrons. The van der Waals surface area contributed by atoms with E-state index in [1.54, 1.807) is 0 Å². The summed E-state index contributed by atoms with van der Waals surface area (Å²) in [7, 11) is 0. The summed E-state index contributed by atoms with van der Waals surface area (Å²) in [5.74, 6) is -2.10. The second-order valence-corrected chi connectivity index (χ2v) is 13.3. The van der Waals surface area contributed by atoms with E-state index >= 15 is 0 Å². The molecule has 9 heteroatoms. The van der Waals surface area contributed by atoms with E-state index < -0.39 is 53.3 Å². The van der Waals surface area contributed by atoms with Crippen molar-refractivity contribution in [1.29, 1.82) is 0 Å². The SMILES string of the molecule is CCCC(=O)O[C@@H]1[C@@H](O)[C@@H](OC(C)=O)C(C)=C[C@@H]2C3[C@@H](C(C)C)[C@@H](OC(C)=O)C[C@@]3(C)[C@@H](OC(=O)CCC)C[C@]21C. The quantitative estimate of drug-likeness (QED) is 0.230. The van der Waals surface area contributed by atoms with Crippen LogP contribution in [0.1, 0.15) is 101 Å². The summed E-state index contributed by atoms with van der Waals surface area (Å²) in [6.07, 6.45) is 0.188. The molecular formula is C32H50O9. The zero-order valence-corrected chi connectivity index (χ0v) is 26.2. The number of aliphatic hydroxyl groups is 1. The van der Waals surface area contributed by atoms with Crippen molar-refractivity contribution in [3.63, 3.8) is 0 Å². The summed E-state index contributed by atoms with van der Waals surface area (Å²) in [5.41, 5.74) is -0.789. The molecule has 0 aliphatic heterocycles. The van der Waals surface area contributed by atoms with E-state index in [9.17, 15) is 24.3 Å². The number of fused-ring (bicyclic) bond motifs is 3. The van der Waals surface area contributed by atoms with E-state index in [0.717, 1.165) is 0 Å². The van der Waals surface area contributed by atoms with Gasteiger partial charge in [0.2, 0.25) is 0 Å². The lowest BCUT2D eigenvalue weighted by Crippen LogP contribution is -2.61. The molecule has 41 heavy (non-hydrogen) atoms. The van der Waals surface area contributed by atoms with E-state index in [1.807, 2.05) is 27.7 Å². The van der Waals surface area contributed by atoms with Crippen molar-refractivity contribution in [3.05, 3.63) is 11.6 Å². The average molecular weight is 579 g/mol. The van der Waals surface area contributed by atoms with Crippen LogP contribution in [-0.2, 0) is 38.1 Å². The van der Waals surface area contributed by atoms with Gasteiger partial charge >= 0.3 is 23.9 Å². The summed E-state index contributed by atoms with van der Waals surface area (Å²) < 4.78 is 23.9. The Morgan fingerprint density at radius 2 is 1.46 bits per heavy atom. The van der Waals surface area contributed by atoms with Crippen LogP contribution in [0.5, 0.6) is 0 Å². The van der Waals surface area contributed by atoms with E-state index in [4.69, 9.17) is 18.9 Å². The van der Waals surface area contributed by atoms with E-state index in [2.05, 4.69) is 26.8 Å². The summed E-state index contributed by atoms with van der Waals surface area (Å²) in [4.78, 5) is 50.3. The molecular weight excluding hydrogens is 528 g/mol. The normalized spacial score (nSPS) is 38.2. The molecule has 0 aromatic heterocycles. The Labute approximate surface area is 244 Å². The Morgan fingerprint density at radius 3 is 1.98 bits per heavy atom. The third-order valence-electron chi connectivity index (χ3n) is 9.74. The molecule has 0 aromatic rings. The zero-order chi connectivity index (χ0) is 30.9. The van der Waals surface area contributed by atoms with Gasteiger partial charge < -0.3 is 24.1 Å². The lowest BCUT2D eigenvalue weighted by atomic mass is 9.49. The molecule has 0 heterocycles. The Kier molecular flexibility index (Phi) is 10.4. The fourth-order valence-electron chi connectivity index (χ4n) is 8.07. The second-order valence-electron chi connectivity index (χ2n) is 13.3. The molecule has 2 fully saturated rings. The fourth-order valence-corrected chi connectivity index (χ4v) is 8.07. The highest BCUT2D eigenvalue weighted by Crippen LogP contribution is 2.67. The third-order valence-corrected chi connectivity index (χ3v) is 9.74. The molecule has 3 aliphatic rings. The maximum absolute atomic E-state index is 13.0. The molecule has 0 radical (unpaired) electrons. The van der Waals surface area contributed by atoms with Gasteiger partial charge in [-0.05, 0) is 55.9 Å². The number of rotatable bonds is 9. The largest absolute Gasteiger partial charge is 0.462 e. The summed E-state index contributed by atoms with van der Waals surface area (Å²) in [6, 6.07) is 0. The Morgan fingerprint density at radius 1 is 0.902 bits per heavy atom. The number of carbonyl (C=O) groups is 4. The van der Waals surface area contributed by atoms with Crippen molar-refractivity contribution in [2.45, 2.75) is 131 Å². The number of hydrogen-bond donors (Lipinski definition) is 1. The number of esters is 4. The van der Waals surface area contributed by atoms with E-state index in [-0.39, 0.29) is 48.5 Å². The van der Waals surface area contributed by atoms with Crippen molar-refractivity contribution in [2.24, 2.45) is 34.5 Å². The van der Waals surface area contributed by atoms with Gasteiger partial charge in [0.25, 0.3) is 0 Å². The van der Waals surface area contributed by atoms with Crippen LogP contribution in [0.2, 0.25) is 0 Å². The van der Waals surface area contributed by atoms with Gasteiger partial charge in [-0.25, -0.2) is 0 Å². The minimum Gasteiger partial charge on any atom is -0.462 e. The zero-order valence-electron chi connectivity index (χ0n) is 26.2. The van der Waals surface area contributed by atoms with E-state index in [1.165, 1.54) is 13.8 Å². The van der Waals surface area contributed by atoms with Crippen LogP contribution >= 0.6 is 0 Å². The smallest absolute Gasteiger partial charge is 0.306 e. The fraction of sp³-hybridized carbons (Fsp3) is 0.812. The Bertz CT molecular complexity index is 1030. The standard InChI is InChI=1S/C32H50O9/c1-10-12-24(35)40-23-16-31(8)21(27-26(17(3)4)22(38-19(6)33)15-32(23,27)9)14-18(5)29(39-20(7)34)28(37)30(31)41-25(36)13-11-2/h14,17,21-23,26-30,37H,10-13,15-16H2,1-9H3/t21-,22+,23+,26+,27?,28+,29+,30-,31-,32+/m1/s1. The molecule has 1 N–H and O–H groups in total. The minimum absolute atomic E-state index is 0.0978. The molecule has 9 nitrogen and oxygen atoms in total. The molecule has 0 saturated heterocycles. The summed E-state index contributed by atoms with van der Waals surface area (Å²) in [6.45, 7) is 16.6. The van der Waals surface area contributed by atoms with Crippen LogP contribution in [0, 0.1) is 34.5 Å². The van der Waals surface area contributed by atoms with Gasteiger partial charge in [0.15, 0.2) is 6.10 Å². The highest BCUT2D eigenvalue weighted by molar-refractivity contribution is 5.70.